The van der Waals surface area contributed by atoms with E-state index in [9.17, 15) is 0 Å². The molecule has 0 atom stereocenters. The van der Waals surface area contributed by atoms with Gasteiger partial charge in [-0.3, -0.25) is 0 Å². The summed E-state index contributed by atoms with van der Waals surface area (Å²) in [5, 5.41) is 0. The van der Waals surface area contributed by atoms with Crippen LogP contribution in [0.2, 0.25) is 0 Å². The fourth-order valence-corrected chi connectivity index (χ4v) is 0. The minimum absolute atomic E-state index is 0. The summed E-state index contributed by atoms with van der Waals surface area (Å²) in [6.07, 6.45) is 0. The van der Waals surface area contributed by atoms with Gasteiger partial charge in [0.2, 0.25) is 0 Å². The molecule has 0 aliphatic carbocycles. The summed E-state index contributed by atoms with van der Waals surface area (Å²) in [5.41, 5.74) is 0. The second-order valence-corrected chi connectivity index (χ2v) is 0.298. The Morgan fingerprint density at radius 2 is 1.75 bits per heavy atom. The van der Waals surface area contributed by atoms with Crippen LogP contribution in [0.1, 0.15) is 0 Å². The van der Waals surface area contributed by atoms with Crippen molar-refractivity contribution in [2.75, 3.05) is 0 Å². The Labute approximate surface area is 31.5 Å². The van der Waals surface area contributed by atoms with E-state index >= 15 is 0 Å². The first-order valence-electron chi connectivity index (χ1n) is 0.381. The van der Waals surface area contributed by atoms with E-state index in [1.807, 2.05) is 0 Å². The molecule has 0 rings (SSSR count). The van der Waals surface area contributed by atoms with Gasteiger partial charge in [0.25, 0.3) is 0 Å². The molecule has 26 valence electrons. The normalized spacial score (nSPS) is 2.25. The van der Waals surface area contributed by atoms with Crippen molar-refractivity contribution in [1.82, 2.24) is 0 Å². The molecular weight excluding hydrogens is 99.9 g/mol. The van der Waals surface area contributed by atoms with Crippen LogP contribution < -0.4 is 0 Å². The zero-order valence-electron chi connectivity index (χ0n) is 1.76. The van der Waals surface area contributed by atoms with Crippen LogP contribution in [0, 0.1) is 0 Å². The van der Waals surface area contributed by atoms with Crippen molar-refractivity contribution >= 4 is 4.79 Å². The number of rotatable bonds is 0. The fourth-order valence-electron chi connectivity index (χ4n) is 0. The van der Waals surface area contributed by atoms with Gasteiger partial charge in [-0.15, -0.1) is 0 Å². The second-order valence-electron chi connectivity index (χ2n) is 0.0722. The first-order chi connectivity index (χ1) is 1.41. The third-order valence-corrected chi connectivity index (χ3v) is 0. The zero-order valence-corrected chi connectivity index (χ0v) is 2.87. The van der Waals surface area contributed by atoms with E-state index in [1.54, 1.807) is 0 Å². The molecule has 0 aliphatic heterocycles. The van der Waals surface area contributed by atoms with Crippen molar-refractivity contribution in [3.63, 3.8) is 0 Å². The van der Waals surface area contributed by atoms with Crippen molar-refractivity contribution in [3.05, 3.63) is 0 Å². The van der Waals surface area contributed by atoms with E-state index in [4.69, 9.17) is 4.79 Å². The first-order valence-corrected chi connectivity index (χ1v) is 0.933. The Bertz CT molecular complexity index is 27.0. The molecule has 0 saturated carbocycles. The summed E-state index contributed by atoms with van der Waals surface area (Å²) in [4.78, 5) is 9.82. The molecule has 0 amide bonds. The molecule has 4 heavy (non-hydrogen) atoms. The molecule has 0 spiro atoms. The van der Waals surface area contributed by atoms with Crippen molar-refractivity contribution < 1.29 is 25.8 Å². The molecule has 0 bridgehead atoms. The molecule has 0 aromatic heterocycles. The topological polar surface area (TPSA) is 48.6 Å². The SMILES string of the molecule is O.O=[C]=[Fe]. The van der Waals surface area contributed by atoms with E-state index in [2.05, 4.69) is 15.6 Å². The molecular formula is CH2FeO2. The third-order valence-electron chi connectivity index (χ3n) is 0. The quantitative estimate of drug-likeness (QED) is 0.353. The zero-order chi connectivity index (χ0) is 2.71. The van der Waals surface area contributed by atoms with Gasteiger partial charge in [0.15, 0.2) is 0 Å². The Balaban J connectivity index is 0. The summed E-state index contributed by atoms with van der Waals surface area (Å²) in [6, 6.07) is 0. The molecule has 0 heterocycles. The van der Waals surface area contributed by atoms with Crippen molar-refractivity contribution in [3.8, 4) is 0 Å². The molecule has 3 heteroatoms. The van der Waals surface area contributed by atoms with Crippen LogP contribution in [0.25, 0.3) is 0 Å². The van der Waals surface area contributed by atoms with Gasteiger partial charge in [-0.25, -0.2) is 0 Å². The monoisotopic (exact) mass is 102 g/mol. The average molecular weight is 102 g/mol. The molecule has 0 aromatic rings. The van der Waals surface area contributed by atoms with Gasteiger partial charge >= 0.3 is 25.2 Å². The predicted octanol–water partition coefficient (Wildman–Crippen LogP) is -1.22. The Hall–Kier alpha value is 0.0595. The van der Waals surface area contributed by atoms with Crippen LogP contribution in [-0.2, 0) is 20.4 Å². The van der Waals surface area contributed by atoms with Crippen LogP contribution in [-0.4, -0.2) is 10.3 Å². The standard InChI is InChI=1S/CO.Fe.H2O/c1-2;;/h;;1H2. The van der Waals surface area contributed by atoms with Crippen LogP contribution in [0.15, 0.2) is 0 Å². The number of hydrogen-bond acceptors (Lipinski definition) is 1. The summed E-state index contributed by atoms with van der Waals surface area (Å²) in [7, 11) is 0. The maximum absolute atomic E-state index is 8.57. The van der Waals surface area contributed by atoms with E-state index in [0.717, 1.165) is 0 Å². The fraction of sp³-hybridized carbons (Fsp3) is 0. The Morgan fingerprint density at radius 3 is 1.75 bits per heavy atom. The number of carbonyl (C=O) groups excluding carboxylic acids is 1. The molecule has 0 aromatic carbocycles. The van der Waals surface area contributed by atoms with E-state index < -0.39 is 0 Å². The van der Waals surface area contributed by atoms with Crippen molar-refractivity contribution in [2.24, 2.45) is 0 Å². The third kappa shape index (κ3) is 653. The van der Waals surface area contributed by atoms with Gasteiger partial charge < -0.3 is 5.48 Å². The van der Waals surface area contributed by atoms with Gasteiger partial charge in [-0.1, -0.05) is 0 Å². The van der Waals surface area contributed by atoms with Crippen molar-refractivity contribution in [1.29, 1.82) is 0 Å². The van der Waals surface area contributed by atoms with Crippen LogP contribution in [0.4, 0.5) is 0 Å². The second kappa shape index (κ2) is 11.6. The van der Waals surface area contributed by atoms with E-state index in [-0.39, 0.29) is 5.48 Å². The molecule has 0 unspecified atom stereocenters. The Kier molecular flexibility index (Phi) is 25.9. The molecule has 2 nitrogen and oxygen atoms in total. The molecule has 0 fully saturated rings. The maximum atomic E-state index is 8.57. The molecule has 0 saturated heterocycles. The van der Waals surface area contributed by atoms with Crippen LogP contribution >= 0.6 is 0 Å². The van der Waals surface area contributed by atoms with Crippen molar-refractivity contribution in [2.45, 2.75) is 0 Å². The summed E-state index contributed by atoms with van der Waals surface area (Å²) < 4.78 is 0. The number of hydrogen-bond donors (Lipinski definition) is 0. The van der Waals surface area contributed by atoms with Gasteiger partial charge in [-0.05, 0) is 0 Å². The molecule has 0 radical (unpaired) electrons. The Morgan fingerprint density at radius 1 is 1.75 bits per heavy atom. The van der Waals surface area contributed by atoms with Gasteiger partial charge in [0.05, 0.1) is 0 Å². The summed E-state index contributed by atoms with van der Waals surface area (Å²) in [6.45, 7) is 0. The van der Waals surface area contributed by atoms with Gasteiger partial charge in [0.1, 0.15) is 0 Å². The van der Waals surface area contributed by atoms with E-state index in [1.165, 1.54) is 4.79 Å². The summed E-state index contributed by atoms with van der Waals surface area (Å²) in [5.74, 6) is 0. The van der Waals surface area contributed by atoms with Gasteiger partial charge in [0, 0.05) is 0 Å². The molecule has 2 N–H and O–H groups in total. The minimum atomic E-state index is 0. The van der Waals surface area contributed by atoms with Crippen LogP contribution in [0.5, 0.6) is 0 Å². The summed E-state index contributed by atoms with van der Waals surface area (Å²) >= 11 is 2.68. The molecule has 0 aliphatic rings. The van der Waals surface area contributed by atoms with E-state index in [0.29, 0.717) is 0 Å². The first kappa shape index (κ1) is 8.96. The van der Waals surface area contributed by atoms with Crippen LogP contribution in [0.3, 0.4) is 0 Å². The van der Waals surface area contributed by atoms with Gasteiger partial charge in [-0.2, -0.15) is 0 Å². The average Bonchev–Trinajstić information content (AvgIpc) is 0.918. The predicted molar refractivity (Wildman–Crippen MR) is 9.31 cm³/mol.